The number of fused-ring (bicyclic) bond motifs is 2. The average Bonchev–Trinajstić information content (AvgIpc) is 3.52. The molecule has 34 heavy (non-hydrogen) atoms. The summed E-state index contributed by atoms with van der Waals surface area (Å²) in [6.07, 6.45) is 5.30. The van der Waals surface area contributed by atoms with Gasteiger partial charge in [-0.05, 0) is 55.1 Å². The van der Waals surface area contributed by atoms with Crippen molar-refractivity contribution in [1.82, 2.24) is 14.1 Å². The van der Waals surface area contributed by atoms with E-state index in [2.05, 4.69) is 10.3 Å². The number of thiophene rings is 1. The SMILES string of the molecule is CC(C)(O)c1csc(S(=O)(=O)NC(=O)Nc2c(-c3ccc4nccn4c3)ccc3c2OCO3)c1. The number of benzene rings is 1. The van der Waals surface area contributed by atoms with Crippen LogP contribution in [0.3, 0.4) is 0 Å². The second-order valence-corrected chi connectivity index (χ2v) is 10.9. The van der Waals surface area contributed by atoms with Gasteiger partial charge in [-0.25, -0.2) is 22.9 Å². The summed E-state index contributed by atoms with van der Waals surface area (Å²) in [5.74, 6) is 0.731. The molecule has 0 unspecified atom stereocenters. The van der Waals surface area contributed by atoms with Crippen molar-refractivity contribution in [3.63, 3.8) is 0 Å². The Kier molecular flexibility index (Phi) is 5.23. The second kappa shape index (κ2) is 8.01. The quantitative estimate of drug-likeness (QED) is 0.382. The molecule has 1 aliphatic heterocycles. The van der Waals surface area contributed by atoms with E-state index in [9.17, 15) is 18.3 Å². The van der Waals surface area contributed by atoms with E-state index in [0.717, 1.165) is 22.5 Å². The third-order valence-electron chi connectivity index (χ3n) is 5.25. The molecule has 0 saturated heterocycles. The summed E-state index contributed by atoms with van der Waals surface area (Å²) in [7, 11) is -4.17. The molecule has 1 aliphatic rings. The van der Waals surface area contributed by atoms with Gasteiger partial charge >= 0.3 is 6.03 Å². The molecule has 1 aromatic carbocycles. The highest BCUT2D eigenvalue weighted by Gasteiger charge is 2.27. The molecule has 0 radical (unpaired) electrons. The fourth-order valence-electron chi connectivity index (χ4n) is 3.51. The van der Waals surface area contributed by atoms with Crippen molar-refractivity contribution in [1.29, 1.82) is 0 Å². The molecule has 5 rings (SSSR count). The predicted molar refractivity (Wildman–Crippen MR) is 126 cm³/mol. The molecule has 3 N–H and O–H groups in total. The Bertz CT molecular complexity index is 1520. The van der Waals surface area contributed by atoms with Crippen molar-refractivity contribution in [2.75, 3.05) is 12.1 Å². The number of nitrogens with zero attached hydrogens (tertiary/aromatic N) is 2. The van der Waals surface area contributed by atoms with Crippen molar-refractivity contribution in [3.8, 4) is 22.6 Å². The van der Waals surface area contributed by atoms with Crippen LogP contribution in [-0.4, -0.2) is 35.7 Å². The highest BCUT2D eigenvalue weighted by molar-refractivity contribution is 7.92. The van der Waals surface area contributed by atoms with Crippen molar-refractivity contribution < 1.29 is 27.8 Å². The number of sulfonamides is 1. The smallest absolute Gasteiger partial charge is 0.333 e. The maximum absolute atomic E-state index is 12.8. The minimum Gasteiger partial charge on any atom is -0.454 e. The minimum atomic E-state index is -4.17. The molecular weight excluding hydrogens is 480 g/mol. The summed E-state index contributed by atoms with van der Waals surface area (Å²) in [6.45, 7) is 3.07. The van der Waals surface area contributed by atoms with Crippen LogP contribution in [0.5, 0.6) is 11.5 Å². The zero-order chi connectivity index (χ0) is 24.1. The van der Waals surface area contributed by atoms with Gasteiger partial charge in [-0.3, -0.25) is 0 Å². The Hall–Kier alpha value is -3.61. The Morgan fingerprint density at radius 3 is 2.82 bits per heavy atom. The van der Waals surface area contributed by atoms with Crippen molar-refractivity contribution in [2.24, 2.45) is 0 Å². The van der Waals surface area contributed by atoms with Crippen LogP contribution < -0.4 is 19.5 Å². The van der Waals surface area contributed by atoms with Gasteiger partial charge in [0.05, 0.1) is 11.3 Å². The number of ether oxygens (including phenoxy) is 2. The highest BCUT2D eigenvalue weighted by atomic mass is 32.2. The van der Waals surface area contributed by atoms with Gasteiger partial charge in [0.1, 0.15) is 9.86 Å². The second-order valence-electron chi connectivity index (χ2n) is 8.11. The molecule has 0 atom stereocenters. The van der Waals surface area contributed by atoms with Gasteiger partial charge in [-0.1, -0.05) is 0 Å². The summed E-state index contributed by atoms with van der Waals surface area (Å²) in [5.41, 5.74) is 1.60. The Balaban J connectivity index is 1.46. The molecule has 10 nitrogen and oxygen atoms in total. The molecule has 0 bridgehead atoms. The number of anilines is 1. The molecule has 4 aromatic rings. The van der Waals surface area contributed by atoms with Crippen LogP contribution in [-0.2, 0) is 15.6 Å². The largest absolute Gasteiger partial charge is 0.454 e. The Morgan fingerprint density at radius 2 is 2.06 bits per heavy atom. The molecule has 12 heteroatoms. The molecule has 3 aromatic heterocycles. The van der Waals surface area contributed by atoms with Gasteiger partial charge in [0.15, 0.2) is 11.5 Å². The molecule has 2 amide bonds. The Labute approximate surface area is 198 Å². The lowest BCUT2D eigenvalue weighted by Gasteiger charge is -2.15. The van der Waals surface area contributed by atoms with E-state index in [1.165, 1.54) is 11.4 Å². The summed E-state index contributed by atoms with van der Waals surface area (Å²) in [6, 6.07) is 7.51. The number of pyridine rings is 1. The van der Waals surface area contributed by atoms with Crippen LogP contribution in [0.2, 0.25) is 0 Å². The maximum atomic E-state index is 12.8. The van der Waals surface area contributed by atoms with Gasteiger partial charge in [0.25, 0.3) is 10.0 Å². The summed E-state index contributed by atoms with van der Waals surface area (Å²) in [4.78, 5) is 17.0. The number of amides is 2. The monoisotopic (exact) mass is 500 g/mol. The molecule has 0 aliphatic carbocycles. The summed E-state index contributed by atoms with van der Waals surface area (Å²) < 4.78 is 40.3. The number of nitrogens with one attached hydrogen (secondary N) is 2. The highest BCUT2D eigenvalue weighted by Crippen LogP contribution is 2.45. The van der Waals surface area contributed by atoms with Gasteiger partial charge in [0, 0.05) is 29.7 Å². The molecule has 4 heterocycles. The van der Waals surface area contributed by atoms with Crippen molar-refractivity contribution >= 4 is 38.7 Å². The first-order valence-electron chi connectivity index (χ1n) is 10.1. The van der Waals surface area contributed by atoms with Crippen LogP contribution in [0, 0.1) is 0 Å². The number of carbonyl (C=O) groups is 1. The number of carbonyl (C=O) groups excluding carboxylic acids is 1. The van der Waals surface area contributed by atoms with Crippen molar-refractivity contribution in [2.45, 2.75) is 23.7 Å². The van der Waals surface area contributed by atoms with Crippen LogP contribution in [0.15, 0.2) is 58.5 Å². The molecular formula is C22H20N4O6S2. The fraction of sp³-hybridized carbons (Fsp3) is 0.182. The first-order chi connectivity index (χ1) is 16.1. The lowest BCUT2D eigenvalue weighted by molar-refractivity contribution is 0.0789. The number of imidazole rings is 1. The van der Waals surface area contributed by atoms with Gasteiger partial charge in [-0.2, -0.15) is 0 Å². The first-order valence-corrected chi connectivity index (χ1v) is 12.5. The fourth-order valence-corrected chi connectivity index (χ4v) is 5.75. The lowest BCUT2D eigenvalue weighted by Crippen LogP contribution is -2.34. The molecule has 0 fully saturated rings. The molecule has 0 saturated carbocycles. The van der Waals surface area contributed by atoms with Gasteiger partial charge in [0.2, 0.25) is 6.79 Å². The number of rotatable bonds is 5. The van der Waals surface area contributed by atoms with E-state index in [1.54, 1.807) is 38.4 Å². The van der Waals surface area contributed by atoms with E-state index in [4.69, 9.17) is 9.47 Å². The normalized spacial score (nSPS) is 13.3. The third-order valence-corrected chi connectivity index (χ3v) is 8.02. The number of aromatic nitrogens is 2. The van der Waals surface area contributed by atoms with Crippen molar-refractivity contribution in [3.05, 3.63) is 59.9 Å². The summed E-state index contributed by atoms with van der Waals surface area (Å²) >= 11 is 0.910. The van der Waals surface area contributed by atoms with E-state index in [0.29, 0.717) is 22.6 Å². The predicted octanol–water partition coefficient (Wildman–Crippen LogP) is 3.53. The topological polar surface area (TPSA) is 131 Å². The van der Waals surface area contributed by atoms with E-state index < -0.39 is 21.7 Å². The van der Waals surface area contributed by atoms with E-state index in [-0.39, 0.29) is 16.7 Å². The van der Waals surface area contributed by atoms with E-state index in [1.807, 2.05) is 27.5 Å². The number of hydrogen-bond acceptors (Lipinski definition) is 8. The zero-order valence-electron chi connectivity index (χ0n) is 18.1. The molecule has 176 valence electrons. The standard InChI is InChI=1S/C22H20N4O6S2/c1-22(2,28)14-9-18(33-11-14)34(29,30)25-21(27)24-19-15(4-5-16-20(19)32-12-31-16)13-3-6-17-23-7-8-26(17)10-13/h3-11,28H,12H2,1-2H3,(H2,24,25,27). The maximum Gasteiger partial charge on any atom is 0.333 e. The number of aliphatic hydroxyl groups is 1. The first kappa shape index (κ1) is 22.2. The van der Waals surface area contributed by atoms with Crippen LogP contribution in [0.1, 0.15) is 19.4 Å². The van der Waals surface area contributed by atoms with Crippen LogP contribution >= 0.6 is 11.3 Å². The minimum absolute atomic E-state index is 0.0249. The van der Waals surface area contributed by atoms with Crippen LogP contribution in [0.4, 0.5) is 10.5 Å². The number of urea groups is 1. The third kappa shape index (κ3) is 4.06. The van der Waals surface area contributed by atoms with Gasteiger partial charge in [-0.15, -0.1) is 11.3 Å². The lowest BCUT2D eigenvalue weighted by atomic mass is 10.0. The average molecular weight is 501 g/mol. The van der Waals surface area contributed by atoms with Crippen LogP contribution in [0.25, 0.3) is 16.8 Å². The molecule has 0 spiro atoms. The zero-order valence-corrected chi connectivity index (χ0v) is 19.7. The number of hydrogen-bond donors (Lipinski definition) is 3. The summed E-state index contributed by atoms with van der Waals surface area (Å²) in [5, 5.41) is 14.3. The van der Waals surface area contributed by atoms with E-state index >= 15 is 0 Å². The van der Waals surface area contributed by atoms with Gasteiger partial charge < -0.3 is 24.3 Å². The Morgan fingerprint density at radius 1 is 1.24 bits per heavy atom.